The quantitative estimate of drug-likeness (QED) is 0.891. The largest absolute Gasteiger partial charge is 0.489 e. The van der Waals surface area contributed by atoms with Crippen LogP contribution in [-0.4, -0.2) is 0 Å². The summed E-state index contributed by atoms with van der Waals surface area (Å²) in [6.07, 6.45) is 0. The molecule has 2 rings (SSSR count). The van der Waals surface area contributed by atoms with Crippen LogP contribution in [0.25, 0.3) is 0 Å². The second kappa shape index (κ2) is 6.37. The highest BCUT2D eigenvalue weighted by Gasteiger charge is 2.07. The number of benzene rings is 2. The lowest BCUT2D eigenvalue weighted by Gasteiger charge is -2.13. The summed E-state index contributed by atoms with van der Waals surface area (Å²) >= 11 is 3.23. The number of hydrogen-bond donors (Lipinski definition) is 1. The first kappa shape index (κ1) is 15.0. The van der Waals surface area contributed by atoms with Crippen molar-refractivity contribution in [1.82, 2.24) is 0 Å². The van der Waals surface area contributed by atoms with Crippen LogP contribution in [-0.2, 0) is 6.61 Å². The van der Waals surface area contributed by atoms with Crippen LogP contribution in [0.4, 0.5) is 4.39 Å². The summed E-state index contributed by atoms with van der Waals surface area (Å²) < 4.78 is 20.1. The minimum absolute atomic E-state index is 0.00771. The number of halogens is 2. The molecule has 0 fully saturated rings. The van der Waals surface area contributed by atoms with Gasteiger partial charge in [0.25, 0.3) is 0 Å². The van der Waals surface area contributed by atoms with Crippen LogP contribution in [0.3, 0.4) is 0 Å². The molecule has 1 atom stereocenters. The highest BCUT2D eigenvalue weighted by atomic mass is 79.9. The van der Waals surface area contributed by atoms with Crippen molar-refractivity contribution in [3.05, 3.63) is 63.4 Å². The predicted molar refractivity (Wildman–Crippen MR) is 82.2 cm³/mol. The minimum Gasteiger partial charge on any atom is -0.489 e. The van der Waals surface area contributed by atoms with Crippen molar-refractivity contribution in [2.45, 2.75) is 26.5 Å². The predicted octanol–water partition coefficient (Wildman–Crippen LogP) is 4.50. The van der Waals surface area contributed by atoms with E-state index in [9.17, 15) is 4.39 Å². The smallest absolute Gasteiger partial charge is 0.130 e. The zero-order valence-corrected chi connectivity index (χ0v) is 13.1. The van der Waals surface area contributed by atoms with Gasteiger partial charge in [-0.15, -0.1) is 0 Å². The maximum atomic E-state index is 13.7. The van der Waals surface area contributed by atoms with E-state index in [0.29, 0.717) is 5.56 Å². The molecule has 0 aromatic heterocycles. The van der Waals surface area contributed by atoms with Crippen molar-refractivity contribution in [2.75, 3.05) is 0 Å². The monoisotopic (exact) mass is 337 g/mol. The molecule has 0 aliphatic heterocycles. The first-order valence-electron chi connectivity index (χ1n) is 6.40. The molecule has 2 N–H and O–H groups in total. The SMILES string of the molecule is Cc1cc(C(C)N)ccc1OCc1ccc(Br)cc1F. The Morgan fingerprint density at radius 3 is 2.60 bits per heavy atom. The number of rotatable bonds is 4. The molecule has 0 saturated heterocycles. The van der Waals surface area contributed by atoms with Crippen LogP contribution >= 0.6 is 15.9 Å². The first-order chi connectivity index (χ1) is 9.47. The zero-order chi connectivity index (χ0) is 14.7. The summed E-state index contributed by atoms with van der Waals surface area (Å²) in [7, 11) is 0. The lowest BCUT2D eigenvalue weighted by atomic mass is 10.1. The third kappa shape index (κ3) is 3.58. The number of hydrogen-bond acceptors (Lipinski definition) is 2. The van der Waals surface area contributed by atoms with E-state index in [0.717, 1.165) is 21.3 Å². The van der Waals surface area contributed by atoms with Gasteiger partial charge in [0.15, 0.2) is 0 Å². The van der Waals surface area contributed by atoms with E-state index in [-0.39, 0.29) is 18.5 Å². The molecule has 2 aromatic carbocycles. The highest BCUT2D eigenvalue weighted by molar-refractivity contribution is 9.10. The summed E-state index contributed by atoms with van der Waals surface area (Å²) in [6.45, 7) is 4.10. The fourth-order valence-electron chi connectivity index (χ4n) is 1.91. The van der Waals surface area contributed by atoms with E-state index in [1.807, 2.05) is 32.0 Å². The van der Waals surface area contributed by atoms with E-state index < -0.39 is 0 Å². The molecular weight excluding hydrogens is 321 g/mol. The summed E-state index contributed by atoms with van der Waals surface area (Å²) in [6, 6.07) is 10.8. The fraction of sp³-hybridized carbons (Fsp3) is 0.250. The molecule has 20 heavy (non-hydrogen) atoms. The summed E-state index contributed by atoms with van der Waals surface area (Å²) in [5.74, 6) is 0.473. The molecular formula is C16H17BrFNO. The molecule has 0 heterocycles. The van der Waals surface area contributed by atoms with Crippen molar-refractivity contribution >= 4 is 15.9 Å². The normalized spacial score (nSPS) is 12.2. The highest BCUT2D eigenvalue weighted by Crippen LogP contribution is 2.23. The van der Waals surface area contributed by atoms with E-state index in [2.05, 4.69) is 15.9 Å². The van der Waals surface area contributed by atoms with E-state index >= 15 is 0 Å². The van der Waals surface area contributed by atoms with Crippen LogP contribution < -0.4 is 10.5 Å². The van der Waals surface area contributed by atoms with Crippen molar-refractivity contribution in [3.63, 3.8) is 0 Å². The molecule has 0 spiro atoms. The molecule has 0 aliphatic rings. The average Bonchev–Trinajstić information content (AvgIpc) is 2.38. The summed E-state index contributed by atoms with van der Waals surface area (Å²) in [5.41, 5.74) is 8.43. The Morgan fingerprint density at radius 2 is 2.00 bits per heavy atom. The molecule has 4 heteroatoms. The van der Waals surface area contributed by atoms with Gasteiger partial charge in [0.2, 0.25) is 0 Å². The molecule has 0 aliphatic carbocycles. The van der Waals surface area contributed by atoms with E-state index in [1.54, 1.807) is 12.1 Å². The minimum atomic E-state index is -0.274. The Hall–Kier alpha value is -1.39. The van der Waals surface area contributed by atoms with E-state index in [1.165, 1.54) is 6.07 Å². The van der Waals surface area contributed by atoms with Gasteiger partial charge >= 0.3 is 0 Å². The molecule has 0 saturated carbocycles. The van der Waals surface area contributed by atoms with Gasteiger partial charge < -0.3 is 10.5 Å². The zero-order valence-electron chi connectivity index (χ0n) is 11.5. The number of ether oxygens (including phenoxy) is 1. The van der Waals surface area contributed by atoms with Crippen molar-refractivity contribution < 1.29 is 9.13 Å². The van der Waals surface area contributed by atoms with Gasteiger partial charge in [0.1, 0.15) is 18.2 Å². The van der Waals surface area contributed by atoms with Crippen molar-refractivity contribution in [3.8, 4) is 5.75 Å². The molecule has 0 radical (unpaired) electrons. The van der Waals surface area contributed by atoms with Crippen molar-refractivity contribution in [2.24, 2.45) is 5.73 Å². The van der Waals surface area contributed by atoms with Crippen LogP contribution in [0.2, 0.25) is 0 Å². The lowest BCUT2D eigenvalue weighted by molar-refractivity contribution is 0.297. The lowest BCUT2D eigenvalue weighted by Crippen LogP contribution is -2.06. The average molecular weight is 338 g/mol. The molecule has 106 valence electrons. The number of aryl methyl sites for hydroxylation is 1. The van der Waals surface area contributed by atoms with Gasteiger partial charge in [-0.2, -0.15) is 0 Å². The molecule has 1 unspecified atom stereocenters. The Morgan fingerprint density at radius 1 is 1.25 bits per heavy atom. The third-order valence-electron chi connectivity index (χ3n) is 3.12. The molecule has 0 amide bonds. The fourth-order valence-corrected chi connectivity index (χ4v) is 2.25. The molecule has 0 bridgehead atoms. The van der Waals surface area contributed by atoms with Crippen LogP contribution in [0.5, 0.6) is 5.75 Å². The van der Waals surface area contributed by atoms with Crippen molar-refractivity contribution in [1.29, 1.82) is 0 Å². The second-order valence-electron chi connectivity index (χ2n) is 4.84. The van der Waals surface area contributed by atoms with Gasteiger partial charge in [0.05, 0.1) is 0 Å². The number of nitrogens with two attached hydrogens (primary N) is 1. The Labute approximate surface area is 126 Å². The molecule has 2 nitrogen and oxygen atoms in total. The Kier molecular flexibility index (Phi) is 4.78. The van der Waals surface area contributed by atoms with Crippen LogP contribution in [0.1, 0.15) is 29.7 Å². The van der Waals surface area contributed by atoms with Crippen LogP contribution in [0.15, 0.2) is 40.9 Å². The first-order valence-corrected chi connectivity index (χ1v) is 7.19. The van der Waals surface area contributed by atoms with E-state index in [4.69, 9.17) is 10.5 Å². The van der Waals surface area contributed by atoms with Gasteiger partial charge in [0, 0.05) is 16.1 Å². The standard InChI is InChI=1S/C16H17BrFNO/c1-10-7-12(11(2)19)4-6-16(10)20-9-13-3-5-14(17)8-15(13)18/h3-8,11H,9,19H2,1-2H3. The topological polar surface area (TPSA) is 35.2 Å². The van der Waals surface area contributed by atoms with Gasteiger partial charge in [-0.3, -0.25) is 0 Å². The molecule has 2 aromatic rings. The summed E-state index contributed by atoms with van der Waals surface area (Å²) in [5, 5.41) is 0. The second-order valence-corrected chi connectivity index (χ2v) is 5.75. The van der Waals surface area contributed by atoms with Gasteiger partial charge in [-0.25, -0.2) is 4.39 Å². The third-order valence-corrected chi connectivity index (χ3v) is 3.62. The maximum Gasteiger partial charge on any atom is 0.130 e. The van der Waals surface area contributed by atoms with Gasteiger partial charge in [-0.05, 0) is 43.2 Å². The Bertz CT molecular complexity index is 613. The van der Waals surface area contributed by atoms with Crippen LogP contribution in [0, 0.1) is 12.7 Å². The van der Waals surface area contributed by atoms with Gasteiger partial charge in [-0.1, -0.05) is 34.1 Å². The summed E-state index contributed by atoms with van der Waals surface area (Å²) in [4.78, 5) is 0. The Balaban J connectivity index is 2.11. The maximum absolute atomic E-state index is 13.7.